The third-order valence-electron chi connectivity index (χ3n) is 5.65. The molecule has 1 heterocycles. The van der Waals surface area contributed by atoms with E-state index in [-0.39, 0.29) is 5.91 Å². The van der Waals surface area contributed by atoms with E-state index in [0.717, 1.165) is 48.6 Å². The van der Waals surface area contributed by atoms with Crippen LogP contribution in [-0.4, -0.2) is 43.0 Å². The Kier molecular flexibility index (Phi) is 4.04. The summed E-state index contributed by atoms with van der Waals surface area (Å²) in [6.07, 6.45) is 5.55. The van der Waals surface area contributed by atoms with Gasteiger partial charge in [-0.15, -0.1) is 0 Å². The number of hydrogen-bond donors (Lipinski definition) is 1. The molecule has 4 rings (SSSR count). The van der Waals surface area contributed by atoms with Crippen molar-refractivity contribution in [3.8, 4) is 0 Å². The van der Waals surface area contributed by atoms with E-state index in [0.29, 0.717) is 0 Å². The second kappa shape index (κ2) is 6.32. The van der Waals surface area contributed by atoms with Crippen molar-refractivity contribution in [2.45, 2.75) is 31.7 Å². The smallest absolute Gasteiger partial charge is 0.254 e. The normalized spacial score (nSPS) is 20.3. The van der Waals surface area contributed by atoms with Crippen LogP contribution in [-0.2, 0) is 0 Å². The molecule has 2 aliphatic rings. The van der Waals surface area contributed by atoms with Gasteiger partial charge in [0.05, 0.1) is 32.2 Å². The van der Waals surface area contributed by atoms with Crippen LogP contribution in [0.25, 0.3) is 10.8 Å². The fourth-order valence-electron chi connectivity index (χ4n) is 4.32. The van der Waals surface area contributed by atoms with Crippen molar-refractivity contribution in [3.63, 3.8) is 0 Å². The summed E-state index contributed by atoms with van der Waals surface area (Å²) >= 11 is 0. The van der Waals surface area contributed by atoms with Gasteiger partial charge in [-0.05, 0) is 42.5 Å². The fourth-order valence-corrected chi connectivity index (χ4v) is 4.32. The molecule has 0 radical (unpaired) electrons. The summed E-state index contributed by atoms with van der Waals surface area (Å²) in [6, 6.07) is 15.1. The van der Waals surface area contributed by atoms with Crippen molar-refractivity contribution in [1.82, 2.24) is 4.90 Å². The van der Waals surface area contributed by atoms with Gasteiger partial charge >= 0.3 is 0 Å². The Hall–Kier alpha value is -1.87. The number of piperazine rings is 1. The molecule has 2 fully saturated rings. The van der Waals surface area contributed by atoms with Gasteiger partial charge < -0.3 is 9.80 Å². The van der Waals surface area contributed by atoms with Gasteiger partial charge in [0.15, 0.2) is 0 Å². The summed E-state index contributed by atoms with van der Waals surface area (Å²) in [5.41, 5.74) is 0.854. The zero-order chi connectivity index (χ0) is 15.6. The molecule has 0 aromatic heterocycles. The summed E-state index contributed by atoms with van der Waals surface area (Å²) in [5.74, 6) is 0.201. The number of fused-ring (bicyclic) bond motifs is 1. The molecule has 3 nitrogen and oxygen atoms in total. The summed E-state index contributed by atoms with van der Waals surface area (Å²) in [6.45, 7) is 4.02. The average molecular weight is 309 g/mol. The molecule has 1 amide bonds. The highest BCUT2D eigenvalue weighted by molar-refractivity contribution is 6.07. The highest BCUT2D eigenvalue weighted by Crippen LogP contribution is 2.20. The largest absolute Gasteiger partial charge is 0.330 e. The van der Waals surface area contributed by atoms with Crippen LogP contribution >= 0.6 is 0 Å². The van der Waals surface area contributed by atoms with E-state index in [2.05, 4.69) is 23.1 Å². The van der Waals surface area contributed by atoms with Gasteiger partial charge in [0.25, 0.3) is 5.91 Å². The first-order valence-electron chi connectivity index (χ1n) is 8.94. The number of benzene rings is 2. The molecule has 1 saturated heterocycles. The van der Waals surface area contributed by atoms with Crippen LogP contribution in [0.3, 0.4) is 0 Å². The van der Waals surface area contributed by atoms with Gasteiger partial charge in [-0.1, -0.05) is 36.4 Å². The quantitative estimate of drug-likeness (QED) is 0.903. The van der Waals surface area contributed by atoms with Crippen molar-refractivity contribution in [3.05, 3.63) is 48.0 Å². The maximum atomic E-state index is 13.0. The molecule has 0 unspecified atom stereocenters. The zero-order valence-electron chi connectivity index (χ0n) is 13.6. The third kappa shape index (κ3) is 2.86. The maximum Gasteiger partial charge on any atom is 0.254 e. The number of quaternary nitrogens is 1. The first-order valence-corrected chi connectivity index (χ1v) is 8.94. The van der Waals surface area contributed by atoms with Crippen LogP contribution in [0.1, 0.15) is 36.0 Å². The Morgan fingerprint density at radius 2 is 1.65 bits per heavy atom. The molecule has 1 N–H and O–H groups in total. The summed E-state index contributed by atoms with van der Waals surface area (Å²) in [7, 11) is 0. The topological polar surface area (TPSA) is 24.8 Å². The minimum Gasteiger partial charge on any atom is -0.330 e. The first-order chi connectivity index (χ1) is 11.3. The van der Waals surface area contributed by atoms with Crippen molar-refractivity contribution in [1.29, 1.82) is 0 Å². The standard InChI is InChI=1S/C20H24N2O/c23-20(19-11-5-7-16-6-1-4-10-18(16)19)22-14-12-21(13-15-22)17-8-2-3-9-17/h1,4-7,10-11,17H,2-3,8-9,12-15H2/p+1. The van der Waals surface area contributed by atoms with Gasteiger partial charge in [0.1, 0.15) is 0 Å². The first kappa shape index (κ1) is 14.7. The molecule has 0 bridgehead atoms. The number of nitrogens with one attached hydrogen (secondary N) is 1. The Bertz CT molecular complexity index is 692. The lowest BCUT2D eigenvalue weighted by Crippen LogP contribution is -3.18. The van der Waals surface area contributed by atoms with E-state index in [4.69, 9.17) is 0 Å². The zero-order valence-corrected chi connectivity index (χ0v) is 13.6. The number of carbonyl (C=O) groups is 1. The molecule has 1 aliphatic carbocycles. The Morgan fingerprint density at radius 3 is 2.43 bits per heavy atom. The van der Waals surface area contributed by atoms with Crippen LogP contribution in [0.5, 0.6) is 0 Å². The van der Waals surface area contributed by atoms with Crippen molar-refractivity contribution in [2.75, 3.05) is 26.2 Å². The van der Waals surface area contributed by atoms with Gasteiger partial charge in [0.2, 0.25) is 0 Å². The molecule has 3 heteroatoms. The van der Waals surface area contributed by atoms with E-state index in [1.807, 2.05) is 24.3 Å². The van der Waals surface area contributed by atoms with Crippen LogP contribution in [0.4, 0.5) is 0 Å². The summed E-state index contributed by atoms with van der Waals surface area (Å²) < 4.78 is 0. The number of rotatable bonds is 2. The van der Waals surface area contributed by atoms with Gasteiger partial charge in [-0.3, -0.25) is 4.79 Å². The highest BCUT2D eigenvalue weighted by atomic mass is 16.2. The second-order valence-electron chi connectivity index (χ2n) is 6.96. The minimum atomic E-state index is 0.201. The van der Waals surface area contributed by atoms with E-state index >= 15 is 0 Å². The number of amides is 1. The van der Waals surface area contributed by atoms with Crippen LogP contribution in [0.15, 0.2) is 42.5 Å². The molecule has 120 valence electrons. The molecule has 1 saturated carbocycles. The van der Waals surface area contributed by atoms with Gasteiger partial charge in [-0.25, -0.2) is 0 Å². The van der Waals surface area contributed by atoms with Crippen LogP contribution < -0.4 is 4.90 Å². The lowest BCUT2D eigenvalue weighted by atomic mass is 10.0. The van der Waals surface area contributed by atoms with E-state index in [1.54, 1.807) is 4.90 Å². The Labute approximate surface area is 137 Å². The summed E-state index contributed by atoms with van der Waals surface area (Å²) in [4.78, 5) is 16.7. The van der Waals surface area contributed by atoms with E-state index in [9.17, 15) is 4.79 Å². The second-order valence-corrected chi connectivity index (χ2v) is 6.96. The van der Waals surface area contributed by atoms with Crippen molar-refractivity contribution >= 4 is 16.7 Å². The molecular formula is C20H25N2O+. The predicted molar refractivity (Wildman–Crippen MR) is 92.8 cm³/mol. The molecule has 0 atom stereocenters. The Balaban J connectivity index is 1.49. The number of hydrogen-bond acceptors (Lipinski definition) is 1. The van der Waals surface area contributed by atoms with Crippen LogP contribution in [0.2, 0.25) is 0 Å². The molecule has 2 aromatic rings. The van der Waals surface area contributed by atoms with Crippen molar-refractivity contribution < 1.29 is 9.69 Å². The molecular weight excluding hydrogens is 284 g/mol. The highest BCUT2D eigenvalue weighted by Gasteiger charge is 2.31. The van der Waals surface area contributed by atoms with Gasteiger partial charge in [-0.2, -0.15) is 0 Å². The summed E-state index contributed by atoms with van der Waals surface area (Å²) in [5, 5.41) is 2.22. The third-order valence-corrected chi connectivity index (χ3v) is 5.65. The fraction of sp³-hybridized carbons (Fsp3) is 0.450. The van der Waals surface area contributed by atoms with Gasteiger partial charge in [0, 0.05) is 5.56 Å². The van der Waals surface area contributed by atoms with E-state index < -0.39 is 0 Å². The predicted octanol–water partition coefficient (Wildman–Crippen LogP) is 2.12. The minimum absolute atomic E-state index is 0.201. The van der Waals surface area contributed by atoms with Crippen LogP contribution in [0, 0.1) is 0 Å². The average Bonchev–Trinajstić information content (AvgIpc) is 3.15. The van der Waals surface area contributed by atoms with E-state index in [1.165, 1.54) is 25.7 Å². The lowest BCUT2D eigenvalue weighted by molar-refractivity contribution is -0.928. The van der Waals surface area contributed by atoms with Crippen molar-refractivity contribution in [2.24, 2.45) is 0 Å². The monoisotopic (exact) mass is 309 g/mol. The number of carbonyl (C=O) groups excluding carboxylic acids is 1. The Morgan fingerprint density at radius 1 is 0.957 bits per heavy atom. The molecule has 1 aliphatic heterocycles. The SMILES string of the molecule is O=C(c1cccc2ccccc12)N1CC[NH+](C2CCCC2)CC1. The number of nitrogens with zero attached hydrogens (tertiary/aromatic N) is 1. The molecule has 2 aromatic carbocycles. The lowest BCUT2D eigenvalue weighted by Gasteiger charge is -2.35. The molecule has 23 heavy (non-hydrogen) atoms. The maximum absolute atomic E-state index is 13.0. The molecule has 0 spiro atoms.